The molecule has 5 rings (SSSR count). The van der Waals surface area contributed by atoms with Crippen molar-refractivity contribution in [2.75, 3.05) is 6.79 Å². The first kappa shape index (κ1) is 21.3. The molecule has 0 saturated heterocycles. The monoisotopic (exact) mass is 459 g/mol. The lowest BCUT2D eigenvalue weighted by molar-refractivity contribution is -0.385. The average molecular weight is 459 g/mol. The predicted molar refractivity (Wildman–Crippen MR) is 120 cm³/mol. The number of non-ortho nitro benzene ring substituents is 1. The van der Waals surface area contributed by atoms with Gasteiger partial charge in [0.1, 0.15) is 12.4 Å². The minimum absolute atomic E-state index is 0.0139. The van der Waals surface area contributed by atoms with E-state index in [1.54, 1.807) is 54.6 Å². The summed E-state index contributed by atoms with van der Waals surface area (Å²) in [4.78, 5) is 36.9. The molecule has 0 atom stereocenters. The van der Waals surface area contributed by atoms with Gasteiger partial charge in [-0.3, -0.25) is 14.9 Å². The molecule has 0 radical (unpaired) electrons. The SMILES string of the molecule is O=C(OCc1cc([N+](=O)[O-])cc2c1OCOC2)c1nn(-c2ccccc2)c(=O)c2ccccc12. The Morgan fingerprint density at radius 2 is 1.82 bits per heavy atom. The number of hydrogen-bond donors (Lipinski definition) is 0. The minimum Gasteiger partial charge on any atom is -0.467 e. The highest BCUT2D eigenvalue weighted by molar-refractivity contribution is 6.02. The van der Waals surface area contributed by atoms with E-state index in [1.807, 2.05) is 0 Å². The smallest absolute Gasteiger partial charge is 0.359 e. The zero-order valence-corrected chi connectivity index (χ0v) is 17.7. The molecule has 0 bridgehead atoms. The second kappa shape index (κ2) is 8.75. The Labute approximate surface area is 192 Å². The number of nitrogens with zero attached hydrogens (tertiary/aromatic N) is 3. The summed E-state index contributed by atoms with van der Waals surface area (Å²) in [6, 6.07) is 18.0. The molecule has 0 saturated carbocycles. The van der Waals surface area contributed by atoms with Gasteiger partial charge in [0.05, 0.1) is 22.6 Å². The molecule has 3 aromatic carbocycles. The van der Waals surface area contributed by atoms with Gasteiger partial charge in [-0.25, -0.2) is 4.79 Å². The fraction of sp³-hybridized carbons (Fsp3) is 0.125. The summed E-state index contributed by atoms with van der Waals surface area (Å²) < 4.78 is 17.3. The number of nitro benzene ring substituents is 1. The molecule has 0 unspecified atom stereocenters. The van der Waals surface area contributed by atoms with Crippen molar-refractivity contribution in [3.8, 4) is 11.4 Å². The molecule has 10 heteroatoms. The van der Waals surface area contributed by atoms with Crippen LogP contribution < -0.4 is 10.3 Å². The number of aromatic nitrogens is 2. The highest BCUT2D eigenvalue weighted by Gasteiger charge is 2.23. The summed E-state index contributed by atoms with van der Waals surface area (Å²) in [7, 11) is 0. The Morgan fingerprint density at radius 1 is 1.09 bits per heavy atom. The number of para-hydroxylation sites is 1. The quantitative estimate of drug-likeness (QED) is 0.252. The standard InChI is InChI=1S/C24H17N3O7/c28-23-20-9-5-4-8-19(20)21(25-26(23)17-6-2-1-3-7-17)24(29)33-13-16-11-18(27(30)31)10-15-12-32-14-34-22(15)16/h1-11H,12-14H2. The summed E-state index contributed by atoms with van der Waals surface area (Å²) in [6.07, 6.45) is 0. The van der Waals surface area contributed by atoms with Gasteiger partial charge >= 0.3 is 5.97 Å². The highest BCUT2D eigenvalue weighted by atomic mass is 16.7. The summed E-state index contributed by atoms with van der Waals surface area (Å²) >= 11 is 0. The van der Waals surface area contributed by atoms with E-state index in [-0.39, 0.29) is 36.9 Å². The lowest BCUT2D eigenvalue weighted by Gasteiger charge is -2.20. The van der Waals surface area contributed by atoms with E-state index < -0.39 is 10.9 Å². The Kier molecular flexibility index (Phi) is 5.48. The van der Waals surface area contributed by atoms with E-state index in [1.165, 1.54) is 12.1 Å². The molecule has 10 nitrogen and oxygen atoms in total. The zero-order valence-electron chi connectivity index (χ0n) is 17.7. The Hall–Kier alpha value is -4.57. The van der Waals surface area contributed by atoms with Crippen molar-refractivity contribution in [3.05, 3.63) is 104 Å². The third-order valence-corrected chi connectivity index (χ3v) is 5.34. The number of nitro groups is 1. The van der Waals surface area contributed by atoms with Crippen LogP contribution in [0, 0.1) is 10.1 Å². The molecule has 170 valence electrons. The number of ether oxygens (including phenoxy) is 3. The van der Waals surface area contributed by atoms with Crippen molar-refractivity contribution in [2.45, 2.75) is 13.2 Å². The first-order valence-electron chi connectivity index (χ1n) is 10.3. The van der Waals surface area contributed by atoms with Gasteiger partial charge in [-0.1, -0.05) is 36.4 Å². The van der Waals surface area contributed by atoms with Gasteiger partial charge in [-0.2, -0.15) is 9.78 Å². The highest BCUT2D eigenvalue weighted by Crippen LogP contribution is 2.33. The number of rotatable bonds is 5. The molecule has 0 N–H and O–H groups in total. The van der Waals surface area contributed by atoms with Crippen LogP contribution in [-0.2, 0) is 22.7 Å². The lowest BCUT2D eigenvalue weighted by Crippen LogP contribution is -2.25. The third-order valence-electron chi connectivity index (χ3n) is 5.34. The van der Waals surface area contributed by atoms with Crippen LogP contribution in [0.25, 0.3) is 16.5 Å². The maximum atomic E-state index is 13.1. The first-order chi connectivity index (χ1) is 16.5. The van der Waals surface area contributed by atoms with Crippen LogP contribution in [0.5, 0.6) is 5.75 Å². The Morgan fingerprint density at radius 3 is 2.59 bits per heavy atom. The lowest BCUT2D eigenvalue weighted by atomic mass is 10.1. The Balaban J connectivity index is 1.53. The number of carbonyl (C=O) groups is 1. The van der Waals surface area contributed by atoms with Crippen LogP contribution in [0.3, 0.4) is 0 Å². The topological polar surface area (TPSA) is 123 Å². The van der Waals surface area contributed by atoms with Gasteiger partial charge in [0.15, 0.2) is 12.5 Å². The molecule has 0 amide bonds. The summed E-state index contributed by atoms with van der Waals surface area (Å²) in [6.45, 7) is -0.157. The third kappa shape index (κ3) is 3.86. The maximum absolute atomic E-state index is 13.1. The van der Waals surface area contributed by atoms with Crippen molar-refractivity contribution in [2.24, 2.45) is 0 Å². The van der Waals surface area contributed by atoms with E-state index in [9.17, 15) is 19.7 Å². The molecule has 2 heterocycles. The van der Waals surface area contributed by atoms with Gasteiger partial charge in [0.25, 0.3) is 11.2 Å². The van der Waals surface area contributed by atoms with Gasteiger partial charge in [-0.15, -0.1) is 0 Å². The van der Waals surface area contributed by atoms with Crippen molar-refractivity contribution in [1.29, 1.82) is 0 Å². The zero-order chi connectivity index (χ0) is 23.7. The number of fused-ring (bicyclic) bond motifs is 2. The maximum Gasteiger partial charge on any atom is 0.359 e. The van der Waals surface area contributed by atoms with Crippen molar-refractivity contribution in [1.82, 2.24) is 9.78 Å². The molecule has 1 aliphatic heterocycles. The number of carbonyl (C=O) groups excluding carboxylic acids is 1. The van der Waals surface area contributed by atoms with E-state index in [0.717, 1.165) is 4.68 Å². The normalized spacial score (nSPS) is 12.6. The molecule has 1 aromatic heterocycles. The van der Waals surface area contributed by atoms with Crippen LogP contribution in [0.1, 0.15) is 21.6 Å². The van der Waals surface area contributed by atoms with E-state index in [2.05, 4.69) is 5.10 Å². The molecule has 0 spiro atoms. The van der Waals surface area contributed by atoms with E-state index >= 15 is 0 Å². The van der Waals surface area contributed by atoms with Crippen molar-refractivity contribution in [3.63, 3.8) is 0 Å². The number of hydrogen-bond acceptors (Lipinski definition) is 8. The summed E-state index contributed by atoms with van der Waals surface area (Å²) in [5, 5.41) is 16.3. The van der Waals surface area contributed by atoms with Gasteiger partial charge in [-0.05, 0) is 18.2 Å². The number of esters is 1. The predicted octanol–water partition coefficient (Wildman–Crippen LogP) is 3.52. The Bertz CT molecular complexity index is 1480. The van der Waals surface area contributed by atoms with Crippen molar-refractivity contribution < 1.29 is 23.9 Å². The molecule has 0 fully saturated rings. The van der Waals surface area contributed by atoms with Crippen LogP contribution in [0.4, 0.5) is 5.69 Å². The molecular weight excluding hydrogens is 442 g/mol. The fourth-order valence-corrected chi connectivity index (χ4v) is 3.79. The molecule has 34 heavy (non-hydrogen) atoms. The van der Waals surface area contributed by atoms with Crippen LogP contribution >= 0.6 is 0 Å². The molecule has 4 aromatic rings. The van der Waals surface area contributed by atoms with Crippen LogP contribution in [0.2, 0.25) is 0 Å². The van der Waals surface area contributed by atoms with Gasteiger partial charge in [0.2, 0.25) is 0 Å². The average Bonchev–Trinajstić information content (AvgIpc) is 2.87. The largest absolute Gasteiger partial charge is 0.467 e. The van der Waals surface area contributed by atoms with Crippen molar-refractivity contribution >= 4 is 22.4 Å². The number of benzene rings is 3. The molecular formula is C24H17N3O7. The minimum atomic E-state index is -0.784. The summed E-state index contributed by atoms with van der Waals surface area (Å²) in [5.74, 6) is -0.398. The second-order valence-electron chi connectivity index (χ2n) is 7.48. The molecule has 1 aliphatic rings. The van der Waals surface area contributed by atoms with Crippen LogP contribution in [0.15, 0.2) is 71.5 Å². The first-order valence-corrected chi connectivity index (χ1v) is 10.3. The van der Waals surface area contributed by atoms with E-state index in [0.29, 0.717) is 33.3 Å². The van der Waals surface area contributed by atoms with Crippen LogP contribution in [-0.4, -0.2) is 27.5 Å². The molecule has 0 aliphatic carbocycles. The van der Waals surface area contributed by atoms with Gasteiger partial charge in [0, 0.05) is 28.6 Å². The van der Waals surface area contributed by atoms with E-state index in [4.69, 9.17) is 14.2 Å². The van der Waals surface area contributed by atoms with Gasteiger partial charge < -0.3 is 14.2 Å². The fourth-order valence-electron chi connectivity index (χ4n) is 3.79. The summed E-state index contributed by atoms with van der Waals surface area (Å²) in [5.41, 5.74) is 0.727. The second-order valence-corrected chi connectivity index (χ2v) is 7.48.